The zero-order chi connectivity index (χ0) is 14.5. The number of aromatic nitrogens is 2. The van der Waals surface area contributed by atoms with E-state index in [9.17, 15) is 4.79 Å². The third-order valence-electron chi connectivity index (χ3n) is 3.14. The van der Waals surface area contributed by atoms with E-state index in [4.69, 9.17) is 15.0 Å². The van der Waals surface area contributed by atoms with Crippen LogP contribution in [0.3, 0.4) is 0 Å². The minimum atomic E-state index is -0.146. The summed E-state index contributed by atoms with van der Waals surface area (Å²) < 4.78 is 12.3. The quantitative estimate of drug-likeness (QED) is 0.862. The second-order valence-corrected chi connectivity index (χ2v) is 4.60. The third-order valence-corrected chi connectivity index (χ3v) is 3.14. The molecule has 0 atom stereocenters. The molecule has 6 heteroatoms. The molecule has 0 spiro atoms. The van der Waals surface area contributed by atoms with Crippen molar-refractivity contribution in [1.29, 1.82) is 0 Å². The number of hydrogen-bond donors (Lipinski definition) is 1. The Hall–Kier alpha value is -2.08. The van der Waals surface area contributed by atoms with Gasteiger partial charge in [0.15, 0.2) is 5.75 Å². The molecule has 0 saturated heterocycles. The van der Waals surface area contributed by atoms with Crippen LogP contribution in [-0.4, -0.2) is 16.3 Å². The molecule has 20 heavy (non-hydrogen) atoms. The SMILES string of the molecule is Cc1noc(C)c1COc1cccn(CCCN)c1=O. The van der Waals surface area contributed by atoms with Gasteiger partial charge in [-0.25, -0.2) is 0 Å². The lowest BCUT2D eigenvalue weighted by atomic mass is 10.2. The van der Waals surface area contributed by atoms with E-state index in [-0.39, 0.29) is 12.2 Å². The molecule has 108 valence electrons. The highest BCUT2D eigenvalue weighted by Crippen LogP contribution is 2.14. The van der Waals surface area contributed by atoms with E-state index in [1.165, 1.54) is 0 Å². The van der Waals surface area contributed by atoms with Gasteiger partial charge in [-0.1, -0.05) is 5.16 Å². The van der Waals surface area contributed by atoms with E-state index in [2.05, 4.69) is 5.16 Å². The van der Waals surface area contributed by atoms with Gasteiger partial charge in [-0.2, -0.15) is 0 Å². The Morgan fingerprint density at radius 1 is 1.45 bits per heavy atom. The van der Waals surface area contributed by atoms with Crippen LogP contribution in [0.5, 0.6) is 5.75 Å². The van der Waals surface area contributed by atoms with Crippen LogP contribution < -0.4 is 16.0 Å². The zero-order valence-corrected chi connectivity index (χ0v) is 11.8. The summed E-state index contributed by atoms with van der Waals surface area (Å²) >= 11 is 0. The highest BCUT2D eigenvalue weighted by Gasteiger charge is 2.11. The van der Waals surface area contributed by atoms with Crippen LogP contribution in [0.2, 0.25) is 0 Å². The molecule has 0 aromatic carbocycles. The van der Waals surface area contributed by atoms with E-state index in [0.717, 1.165) is 17.7 Å². The van der Waals surface area contributed by atoms with Crippen molar-refractivity contribution in [3.63, 3.8) is 0 Å². The van der Waals surface area contributed by atoms with Crippen molar-refractivity contribution in [2.75, 3.05) is 6.54 Å². The summed E-state index contributed by atoms with van der Waals surface area (Å²) in [6.07, 6.45) is 2.49. The summed E-state index contributed by atoms with van der Waals surface area (Å²) in [5, 5.41) is 3.86. The van der Waals surface area contributed by atoms with Gasteiger partial charge in [0.25, 0.3) is 5.56 Å². The highest BCUT2D eigenvalue weighted by atomic mass is 16.5. The van der Waals surface area contributed by atoms with Gasteiger partial charge in [-0.05, 0) is 38.9 Å². The molecule has 2 aromatic rings. The normalized spacial score (nSPS) is 10.8. The van der Waals surface area contributed by atoms with E-state index in [1.807, 2.05) is 13.8 Å². The van der Waals surface area contributed by atoms with E-state index in [1.54, 1.807) is 22.9 Å². The molecule has 2 N–H and O–H groups in total. The summed E-state index contributed by atoms with van der Waals surface area (Å²) in [5.74, 6) is 1.03. The maximum atomic E-state index is 12.2. The van der Waals surface area contributed by atoms with Crippen LogP contribution in [0.4, 0.5) is 0 Å². The van der Waals surface area contributed by atoms with E-state index < -0.39 is 0 Å². The number of nitrogens with two attached hydrogens (primary N) is 1. The largest absolute Gasteiger partial charge is 0.483 e. The van der Waals surface area contributed by atoms with E-state index in [0.29, 0.717) is 24.6 Å². The fraction of sp³-hybridized carbons (Fsp3) is 0.429. The molecule has 2 aromatic heterocycles. The Balaban J connectivity index is 2.12. The van der Waals surface area contributed by atoms with Crippen LogP contribution in [0.15, 0.2) is 27.6 Å². The second-order valence-electron chi connectivity index (χ2n) is 4.60. The fourth-order valence-corrected chi connectivity index (χ4v) is 1.92. The predicted octanol–water partition coefficient (Wildman–Crippen LogP) is 1.38. The first kappa shape index (κ1) is 14.3. The summed E-state index contributed by atoms with van der Waals surface area (Å²) in [5.41, 5.74) is 6.97. The first-order valence-electron chi connectivity index (χ1n) is 6.57. The molecule has 2 heterocycles. The smallest absolute Gasteiger partial charge is 0.292 e. The van der Waals surface area contributed by atoms with Crippen molar-refractivity contribution < 1.29 is 9.26 Å². The van der Waals surface area contributed by atoms with Gasteiger partial charge in [0.1, 0.15) is 12.4 Å². The van der Waals surface area contributed by atoms with Crippen LogP contribution >= 0.6 is 0 Å². The Morgan fingerprint density at radius 3 is 2.90 bits per heavy atom. The number of hydrogen-bond acceptors (Lipinski definition) is 5. The Kier molecular flexibility index (Phi) is 4.57. The van der Waals surface area contributed by atoms with Gasteiger partial charge in [-0.3, -0.25) is 4.79 Å². The standard InChI is InChI=1S/C14H19N3O3/c1-10-12(11(2)20-16-10)9-19-13-5-3-7-17(14(13)18)8-4-6-15/h3,5,7H,4,6,8-9,15H2,1-2H3. The second kappa shape index (κ2) is 6.38. The number of ether oxygens (including phenoxy) is 1. The molecule has 0 unspecified atom stereocenters. The van der Waals surface area contributed by atoms with Gasteiger partial charge >= 0.3 is 0 Å². The minimum Gasteiger partial charge on any atom is -0.483 e. The van der Waals surface area contributed by atoms with Crippen molar-refractivity contribution >= 4 is 0 Å². The molecule has 0 fully saturated rings. The van der Waals surface area contributed by atoms with Gasteiger partial charge in [0.05, 0.1) is 11.3 Å². The van der Waals surface area contributed by atoms with Crippen LogP contribution in [0.25, 0.3) is 0 Å². The number of nitrogens with zero attached hydrogens (tertiary/aromatic N) is 2. The Bertz CT molecular complexity index is 611. The van der Waals surface area contributed by atoms with Crippen molar-refractivity contribution in [3.05, 3.63) is 45.7 Å². The maximum absolute atomic E-state index is 12.2. The van der Waals surface area contributed by atoms with Gasteiger partial charge in [0, 0.05) is 12.7 Å². The van der Waals surface area contributed by atoms with Gasteiger partial charge in [0.2, 0.25) is 0 Å². The van der Waals surface area contributed by atoms with Gasteiger partial charge in [-0.15, -0.1) is 0 Å². The third kappa shape index (κ3) is 3.08. The molecule has 2 rings (SSSR count). The lowest BCUT2D eigenvalue weighted by molar-refractivity contribution is 0.294. The molecule has 0 aliphatic heterocycles. The first-order chi connectivity index (χ1) is 9.63. The van der Waals surface area contributed by atoms with Crippen molar-refractivity contribution in [3.8, 4) is 5.75 Å². The molecule has 0 aliphatic rings. The number of aryl methyl sites for hydroxylation is 3. The van der Waals surface area contributed by atoms with Crippen LogP contribution in [-0.2, 0) is 13.2 Å². The van der Waals surface area contributed by atoms with Crippen LogP contribution in [0, 0.1) is 13.8 Å². The molecular formula is C14H19N3O3. The highest BCUT2D eigenvalue weighted by molar-refractivity contribution is 5.22. The molecular weight excluding hydrogens is 258 g/mol. The Morgan fingerprint density at radius 2 is 2.25 bits per heavy atom. The fourth-order valence-electron chi connectivity index (χ4n) is 1.92. The summed E-state index contributed by atoms with van der Waals surface area (Å²) in [6.45, 7) is 5.09. The molecule has 0 amide bonds. The first-order valence-corrected chi connectivity index (χ1v) is 6.57. The summed E-state index contributed by atoms with van der Waals surface area (Å²) in [4.78, 5) is 12.2. The molecule has 6 nitrogen and oxygen atoms in total. The topological polar surface area (TPSA) is 83.3 Å². The zero-order valence-electron chi connectivity index (χ0n) is 11.8. The summed E-state index contributed by atoms with van der Waals surface area (Å²) in [6, 6.07) is 3.46. The molecule has 0 bridgehead atoms. The van der Waals surface area contributed by atoms with Crippen LogP contribution in [0.1, 0.15) is 23.4 Å². The molecule has 0 aliphatic carbocycles. The molecule has 0 saturated carbocycles. The van der Waals surface area contributed by atoms with Crippen molar-refractivity contribution in [2.24, 2.45) is 5.73 Å². The summed E-state index contributed by atoms with van der Waals surface area (Å²) in [7, 11) is 0. The maximum Gasteiger partial charge on any atom is 0.292 e. The van der Waals surface area contributed by atoms with Gasteiger partial charge < -0.3 is 19.6 Å². The average molecular weight is 277 g/mol. The number of pyridine rings is 1. The molecule has 0 radical (unpaired) electrons. The lowest BCUT2D eigenvalue weighted by Crippen LogP contribution is -2.22. The van der Waals surface area contributed by atoms with E-state index >= 15 is 0 Å². The predicted molar refractivity (Wildman–Crippen MR) is 74.7 cm³/mol. The lowest BCUT2D eigenvalue weighted by Gasteiger charge is -2.09. The monoisotopic (exact) mass is 277 g/mol. The van der Waals surface area contributed by atoms with Crippen molar-refractivity contribution in [2.45, 2.75) is 33.4 Å². The minimum absolute atomic E-state index is 0.146. The van der Waals surface area contributed by atoms with Crippen molar-refractivity contribution in [1.82, 2.24) is 9.72 Å². The Labute approximate surface area is 117 Å². The number of rotatable bonds is 6. The average Bonchev–Trinajstić information content (AvgIpc) is 2.76.